The van der Waals surface area contributed by atoms with Crippen LogP contribution in [0.4, 0.5) is 0 Å². The standard InChI is InChI=1S/C22H42N4O2/c1-17(27)11-12-22(8,9)28-14-13-19(2,3)18-15-26(25-24-18)21(6,7)16-20(4,5)23-10/h15,23H,11-14,16H2,1-10H3. The summed E-state index contributed by atoms with van der Waals surface area (Å²) in [5, 5.41) is 12.3. The monoisotopic (exact) mass is 394 g/mol. The molecular weight excluding hydrogens is 352 g/mol. The molecular formula is C22H42N4O2. The van der Waals surface area contributed by atoms with Gasteiger partial charge >= 0.3 is 0 Å². The maximum atomic E-state index is 11.2. The number of carbonyl (C=O) groups is 1. The first-order valence-electron chi connectivity index (χ1n) is 10.4. The molecule has 162 valence electrons. The quantitative estimate of drug-likeness (QED) is 0.574. The van der Waals surface area contributed by atoms with Crippen LogP contribution in [-0.2, 0) is 20.5 Å². The smallest absolute Gasteiger partial charge is 0.129 e. The summed E-state index contributed by atoms with van der Waals surface area (Å²) < 4.78 is 8.06. The van der Waals surface area contributed by atoms with Gasteiger partial charge in [0.2, 0.25) is 0 Å². The second-order valence-corrected chi connectivity index (χ2v) is 10.6. The first kappa shape index (κ1) is 24.8. The number of hydrogen-bond donors (Lipinski definition) is 1. The average molecular weight is 395 g/mol. The van der Waals surface area contributed by atoms with E-state index in [1.54, 1.807) is 6.92 Å². The zero-order valence-corrected chi connectivity index (χ0v) is 19.8. The molecule has 1 heterocycles. The lowest BCUT2D eigenvalue weighted by Gasteiger charge is -2.34. The van der Waals surface area contributed by atoms with Crippen LogP contribution in [0.15, 0.2) is 6.20 Å². The van der Waals surface area contributed by atoms with E-state index in [1.165, 1.54) is 0 Å². The molecule has 0 aliphatic rings. The molecule has 0 unspecified atom stereocenters. The molecule has 1 rings (SSSR count). The molecule has 0 bridgehead atoms. The number of nitrogens with one attached hydrogen (secondary N) is 1. The van der Waals surface area contributed by atoms with Gasteiger partial charge in [0.25, 0.3) is 0 Å². The van der Waals surface area contributed by atoms with Crippen molar-refractivity contribution in [1.29, 1.82) is 0 Å². The molecule has 1 aromatic rings. The van der Waals surface area contributed by atoms with E-state index in [4.69, 9.17) is 4.74 Å². The molecule has 0 aromatic carbocycles. The Morgan fingerprint density at radius 1 is 1.11 bits per heavy atom. The van der Waals surface area contributed by atoms with Crippen molar-refractivity contribution in [3.8, 4) is 0 Å². The van der Waals surface area contributed by atoms with Crippen LogP contribution in [0.25, 0.3) is 0 Å². The van der Waals surface area contributed by atoms with Gasteiger partial charge in [-0.25, -0.2) is 4.68 Å². The maximum Gasteiger partial charge on any atom is 0.129 e. The molecule has 0 saturated carbocycles. The fourth-order valence-electron chi connectivity index (χ4n) is 3.38. The van der Waals surface area contributed by atoms with E-state index in [9.17, 15) is 4.79 Å². The summed E-state index contributed by atoms with van der Waals surface area (Å²) in [6.07, 6.45) is 5.16. The van der Waals surface area contributed by atoms with E-state index in [2.05, 4.69) is 63.4 Å². The zero-order valence-electron chi connectivity index (χ0n) is 19.8. The lowest BCUT2D eigenvalue weighted by Crippen LogP contribution is -2.44. The van der Waals surface area contributed by atoms with Crippen molar-refractivity contribution in [2.75, 3.05) is 13.7 Å². The average Bonchev–Trinajstić information content (AvgIpc) is 3.03. The molecule has 0 spiro atoms. The molecule has 1 N–H and O–H groups in total. The van der Waals surface area contributed by atoms with E-state index in [0.29, 0.717) is 13.0 Å². The summed E-state index contributed by atoms with van der Waals surface area (Å²) >= 11 is 0. The number of rotatable bonds is 12. The third kappa shape index (κ3) is 7.63. The van der Waals surface area contributed by atoms with Crippen molar-refractivity contribution < 1.29 is 9.53 Å². The van der Waals surface area contributed by atoms with Gasteiger partial charge in [0.1, 0.15) is 5.78 Å². The molecule has 28 heavy (non-hydrogen) atoms. The molecule has 1 aromatic heterocycles. The highest BCUT2D eigenvalue weighted by atomic mass is 16.5. The van der Waals surface area contributed by atoms with Crippen molar-refractivity contribution in [3.05, 3.63) is 11.9 Å². The molecule has 0 amide bonds. The van der Waals surface area contributed by atoms with Crippen LogP contribution in [0.5, 0.6) is 0 Å². The summed E-state index contributed by atoms with van der Waals surface area (Å²) in [5.41, 5.74) is 0.431. The van der Waals surface area contributed by atoms with Gasteiger partial charge in [-0.3, -0.25) is 0 Å². The van der Waals surface area contributed by atoms with Gasteiger partial charge < -0.3 is 14.8 Å². The third-order valence-corrected chi connectivity index (χ3v) is 5.66. The second-order valence-electron chi connectivity index (χ2n) is 10.6. The normalized spacial score (nSPS) is 13.8. The lowest BCUT2D eigenvalue weighted by atomic mass is 9.85. The number of ether oxygens (including phenoxy) is 1. The summed E-state index contributed by atoms with van der Waals surface area (Å²) in [6, 6.07) is 0. The fraction of sp³-hybridized carbons (Fsp3) is 0.864. The minimum absolute atomic E-state index is 0.0183. The van der Waals surface area contributed by atoms with E-state index in [1.807, 2.05) is 25.6 Å². The highest BCUT2D eigenvalue weighted by molar-refractivity contribution is 5.75. The Hall–Kier alpha value is -1.27. The van der Waals surface area contributed by atoms with Gasteiger partial charge in [-0.1, -0.05) is 19.1 Å². The van der Waals surface area contributed by atoms with Gasteiger partial charge in [0.05, 0.1) is 16.8 Å². The Morgan fingerprint density at radius 2 is 1.71 bits per heavy atom. The van der Waals surface area contributed by atoms with Crippen LogP contribution in [0.1, 0.15) is 93.7 Å². The van der Waals surface area contributed by atoms with Crippen LogP contribution in [0.3, 0.4) is 0 Å². The Morgan fingerprint density at radius 3 is 2.25 bits per heavy atom. The molecule has 0 fully saturated rings. The van der Waals surface area contributed by atoms with Crippen LogP contribution in [0, 0.1) is 0 Å². The molecule has 6 nitrogen and oxygen atoms in total. The van der Waals surface area contributed by atoms with Gasteiger partial charge in [-0.15, -0.1) is 5.10 Å². The number of carbonyl (C=O) groups excluding carboxylic acids is 1. The molecule has 0 saturated heterocycles. The Labute approximate surface area is 171 Å². The molecule has 0 aliphatic heterocycles. The minimum Gasteiger partial charge on any atom is -0.376 e. The maximum absolute atomic E-state index is 11.2. The molecule has 0 aliphatic carbocycles. The van der Waals surface area contributed by atoms with Crippen LogP contribution in [-0.4, -0.2) is 45.6 Å². The van der Waals surface area contributed by atoms with E-state index >= 15 is 0 Å². The van der Waals surface area contributed by atoms with Crippen molar-refractivity contribution in [1.82, 2.24) is 20.3 Å². The summed E-state index contributed by atoms with van der Waals surface area (Å²) in [6.45, 7) is 19.5. The third-order valence-electron chi connectivity index (χ3n) is 5.66. The van der Waals surface area contributed by atoms with Crippen LogP contribution in [0.2, 0.25) is 0 Å². The summed E-state index contributed by atoms with van der Waals surface area (Å²) in [7, 11) is 1.99. The number of nitrogens with zero attached hydrogens (tertiary/aromatic N) is 3. The lowest BCUT2D eigenvalue weighted by molar-refractivity contribution is -0.118. The Kier molecular flexibility index (Phi) is 7.99. The SMILES string of the molecule is CNC(C)(C)CC(C)(C)n1cc(C(C)(C)CCOC(C)(C)CCC(C)=O)nn1. The van der Waals surface area contributed by atoms with Gasteiger partial charge in [0, 0.05) is 30.2 Å². The van der Waals surface area contributed by atoms with E-state index in [0.717, 1.165) is 25.0 Å². The second kappa shape index (κ2) is 9.04. The highest BCUT2D eigenvalue weighted by Crippen LogP contribution is 2.30. The predicted octanol–water partition coefficient (Wildman–Crippen LogP) is 4.23. The Bertz CT molecular complexity index is 645. The molecule has 6 heteroatoms. The molecule has 0 radical (unpaired) electrons. The van der Waals surface area contributed by atoms with Gasteiger partial charge in [-0.2, -0.15) is 0 Å². The largest absolute Gasteiger partial charge is 0.376 e. The Balaban J connectivity index is 2.73. The van der Waals surface area contributed by atoms with Crippen LogP contribution >= 0.6 is 0 Å². The van der Waals surface area contributed by atoms with Crippen LogP contribution < -0.4 is 5.32 Å². The summed E-state index contributed by atoms with van der Waals surface area (Å²) in [5.74, 6) is 0.206. The summed E-state index contributed by atoms with van der Waals surface area (Å²) in [4.78, 5) is 11.2. The van der Waals surface area contributed by atoms with Gasteiger partial charge in [-0.05, 0) is 74.8 Å². The number of hydrogen-bond acceptors (Lipinski definition) is 5. The van der Waals surface area contributed by atoms with Crippen molar-refractivity contribution >= 4 is 5.78 Å². The van der Waals surface area contributed by atoms with Crippen molar-refractivity contribution in [2.45, 2.75) is 110 Å². The predicted molar refractivity (Wildman–Crippen MR) is 115 cm³/mol. The first-order valence-corrected chi connectivity index (χ1v) is 10.4. The van der Waals surface area contributed by atoms with Gasteiger partial charge in [0.15, 0.2) is 0 Å². The van der Waals surface area contributed by atoms with Crippen molar-refractivity contribution in [2.24, 2.45) is 0 Å². The molecule has 0 atom stereocenters. The first-order chi connectivity index (χ1) is 12.6. The fourth-order valence-corrected chi connectivity index (χ4v) is 3.38. The topological polar surface area (TPSA) is 69.0 Å². The van der Waals surface area contributed by atoms with Crippen molar-refractivity contribution in [3.63, 3.8) is 0 Å². The number of ketones is 1. The van der Waals surface area contributed by atoms with E-state index in [-0.39, 0.29) is 27.9 Å². The highest BCUT2D eigenvalue weighted by Gasteiger charge is 2.32. The zero-order chi connectivity index (χ0) is 21.8. The number of Topliss-reactive ketones (excluding diaryl/α,β-unsaturated/α-hetero) is 1. The number of aromatic nitrogens is 3. The minimum atomic E-state index is -0.292. The van der Waals surface area contributed by atoms with E-state index < -0.39 is 0 Å².